The standard InChI is InChI=1S/C13H18N2O2S/c1-9-5-12(13(15(16)17)6-10(9)2)14-7-11-3-4-18-8-11/h5-6,11,14H,3-4,7-8H2,1-2H3. The van der Waals surface area contributed by atoms with Gasteiger partial charge in [0.1, 0.15) is 5.69 Å². The number of nitrogens with zero attached hydrogens (tertiary/aromatic N) is 1. The molecule has 0 spiro atoms. The Morgan fingerprint density at radius 2 is 2.17 bits per heavy atom. The minimum Gasteiger partial charge on any atom is -0.379 e. The van der Waals surface area contributed by atoms with Gasteiger partial charge in [0, 0.05) is 12.6 Å². The Morgan fingerprint density at radius 1 is 1.44 bits per heavy atom. The fourth-order valence-corrected chi connectivity index (χ4v) is 3.38. The predicted molar refractivity (Wildman–Crippen MR) is 76.5 cm³/mol. The minimum absolute atomic E-state index is 0.184. The molecule has 1 aromatic carbocycles. The van der Waals surface area contributed by atoms with E-state index in [9.17, 15) is 10.1 Å². The fourth-order valence-electron chi connectivity index (χ4n) is 2.09. The molecule has 18 heavy (non-hydrogen) atoms. The van der Waals surface area contributed by atoms with Gasteiger partial charge in [-0.3, -0.25) is 10.1 Å². The van der Waals surface area contributed by atoms with E-state index in [0.29, 0.717) is 11.6 Å². The van der Waals surface area contributed by atoms with Gasteiger partial charge in [-0.1, -0.05) is 0 Å². The first-order chi connectivity index (χ1) is 8.58. The van der Waals surface area contributed by atoms with Crippen molar-refractivity contribution in [3.05, 3.63) is 33.4 Å². The summed E-state index contributed by atoms with van der Waals surface area (Å²) in [6.07, 6.45) is 1.20. The van der Waals surface area contributed by atoms with Crippen molar-refractivity contribution in [1.82, 2.24) is 0 Å². The molecule has 1 fully saturated rings. The van der Waals surface area contributed by atoms with Gasteiger partial charge in [0.25, 0.3) is 5.69 Å². The number of aryl methyl sites for hydroxylation is 2. The van der Waals surface area contributed by atoms with E-state index in [-0.39, 0.29) is 10.6 Å². The van der Waals surface area contributed by atoms with Gasteiger partial charge in [0.15, 0.2) is 0 Å². The lowest BCUT2D eigenvalue weighted by atomic mass is 10.1. The number of rotatable bonds is 4. The summed E-state index contributed by atoms with van der Waals surface area (Å²) in [4.78, 5) is 10.7. The number of hydrogen-bond acceptors (Lipinski definition) is 4. The predicted octanol–water partition coefficient (Wildman–Crippen LogP) is 3.38. The molecule has 2 rings (SSSR count). The van der Waals surface area contributed by atoms with E-state index in [1.165, 1.54) is 12.2 Å². The van der Waals surface area contributed by atoms with E-state index < -0.39 is 0 Å². The van der Waals surface area contributed by atoms with E-state index in [2.05, 4.69) is 5.32 Å². The van der Waals surface area contributed by atoms with E-state index in [0.717, 1.165) is 23.4 Å². The van der Waals surface area contributed by atoms with Crippen LogP contribution in [0.1, 0.15) is 17.5 Å². The van der Waals surface area contributed by atoms with Gasteiger partial charge < -0.3 is 5.32 Å². The van der Waals surface area contributed by atoms with Crippen LogP contribution >= 0.6 is 11.8 Å². The molecule has 1 N–H and O–H groups in total. The Morgan fingerprint density at radius 3 is 2.78 bits per heavy atom. The monoisotopic (exact) mass is 266 g/mol. The molecule has 4 nitrogen and oxygen atoms in total. The van der Waals surface area contributed by atoms with Crippen molar-refractivity contribution >= 4 is 23.1 Å². The molecule has 1 heterocycles. The van der Waals surface area contributed by atoms with Crippen molar-refractivity contribution in [3.63, 3.8) is 0 Å². The lowest BCUT2D eigenvalue weighted by Crippen LogP contribution is -2.14. The lowest BCUT2D eigenvalue weighted by Gasteiger charge is -2.13. The zero-order chi connectivity index (χ0) is 13.1. The molecule has 1 aliphatic rings. The molecule has 1 saturated heterocycles. The van der Waals surface area contributed by atoms with Gasteiger partial charge in [-0.15, -0.1) is 0 Å². The number of anilines is 1. The third kappa shape index (κ3) is 2.96. The maximum Gasteiger partial charge on any atom is 0.292 e. The Bertz CT molecular complexity index is 457. The summed E-state index contributed by atoms with van der Waals surface area (Å²) >= 11 is 1.96. The van der Waals surface area contributed by atoms with Crippen LogP contribution in [0.5, 0.6) is 0 Å². The molecule has 0 aromatic heterocycles. The summed E-state index contributed by atoms with van der Waals surface area (Å²) < 4.78 is 0. The van der Waals surface area contributed by atoms with Crippen molar-refractivity contribution < 1.29 is 4.92 Å². The molecule has 0 saturated carbocycles. The molecule has 0 bridgehead atoms. The lowest BCUT2D eigenvalue weighted by molar-refractivity contribution is -0.384. The molecular formula is C13H18N2O2S. The number of nitro groups is 1. The van der Waals surface area contributed by atoms with E-state index in [1.54, 1.807) is 6.07 Å². The molecular weight excluding hydrogens is 248 g/mol. The summed E-state index contributed by atoms with van der Waals surface area (Å²) in [6.45, 7) is 4.71. The van der Waals surface area contributed by atoms with Crippen LogP contribution in [-0.4, -0.2) is 23.0 Å². The van der Waals surface area contributed by atoms with Crippen molar-refractivity contribution in [3.8, 4) is 0 Å². The molecule has 1 aliphatic heterocycles. The van der Waals surface area contributed by atoms with Crippen LogP contribution in [0.15, 0.2) is 12.1 Å². The van der Waals surface area contributed by atoms with Crippen LogP contribution in [0, 0.1) is 29.9 Å². The zero-order valence-electron chi connectivity index (χ0n) is 10.7. The highest BCUT2D eigenvalue weighted by molar-refractivity contribution is 7.99. The van der Waals surface area contributed by atoms with Gasteiger partial charge in [0.05, 0.1) is 4.92 Å². The number of nitro benzene ring substituents is 1. The summed E-state index contributed by atoms with van der Waals surface area (Å²) in [5.41, 5.74) is 2.89. The quantitative estimate of drug-likeness (QED) is 0.670. The fraction of sp³-hybridized carbons (Fsp3) is 0.538. The summed E-state index contributed by atoms with van der Waals surface area (Å²) in [5.74, 6) is 3.00. The van der Waals surface area contributed by atoms with Gasteiger partial charge >= 0.3 is 0 Å². The summed E-state index contributed by atoms with van der Waals surface area (Å²) in [7, 11) is 0. The topological polar surface area (TPSA) is 55.2 Å². The first kappa shape index (κ1) is 13.2. The van der Waals surface area contributed by atoms with Crippen molar-refractivity contribution in [2.75, 3.05) is 23.4 Å². The second kappa shape index (κ2) is 5.61. The summed E-state index contributed by atoms with van der Waals surface area (Å²) in [6, 6.07) is 3.54. The molecule has 0 amide bonds. The average molecular weight is 266 g/mol. The van der Waals surface area contributed by atoms with E-state index in [4.69, 9.17) is 0 Å². The molecule has 0 aliphatic carbocycles. The van der Waals surface area contributed by atoms with E-state index >= 15 is 0 Å². The number of benzene rings is 1. The van der Waals surface area contributed by atoms with Crippen LogP contribution in [-0.2, 0) is 0 Å². The van der Waals surface area contributed by atoms with Crippen molar-refractivity contribution in [1.29, 1.82) is 0 Å². The Hall–Kier alpha value is -1.23. The first-order valence-electron chi connectivity index (χ1n) is 6.15. The van der Waals surface area contributed by atoms with Gasteiger partial charge in [0.2, 0.25) is 0 Å². The van der Waals surface area contributed by atoms with Crippen LogP contribution in [0.25, 0.3) is 0 Å². The first-order valence-corrected chi connectivity index (χ1v) is 7.30. The summed E-state index contributed by atoms with van der Waals surface area (Å²) in [5, 5.41) is 14.3. The minimum atomic E-state index is -0.307. The second-order valence-electron chi connectivity index (χ2n) is 4.82. The van der Waals surface area contributed by atoms with Crippen molar-refractivity contribution in [2.24, 2.45) is 5.92 Å². The van der Waals surface area contributed by atoms with Crippen LogP contribution in [0.2, 0.25) is 0 Å². The third-order valence-corrected chi connectivity index (χ3v) is 4.65. The Kier molecular flexibility index (Phi) is 4.11. The smallest absolute Gasteiger partial charge is 0.292 e. The maximum absolute atomic E-state index is 11.0. The van der Waals surface area contributed by atoms with Gasteiger partial charge in [-0.25, -0.2) is 0 Å². The van der Waals surface area contributed by atoms with Crippen molar-refractivity contribution in [2.45, 2.75) is 20.3 Å². The number of nitrogens with one attached hydrogen (secondary N) is 1. The number of hydrogen-bond donors (Lipinski definition) is 1. The molecule has 1 aromatic rings. The normalized spacial score (nSPS) is 18.9. The third-order valence-electron chi connectivity index (χ3n) is 3.41. The number of thioether (sulfide) groups is 1. The van der Waals surface area contributed by atoms with Gasteiger partial charge in [-0.05, 0) is 54.9 Å². The Labute approximate surface area is 111 Å². The maximum atomic E-state index is 11.0. The molecule has 98 valence electrons. The van der Waals surface area contributed by atoms with E-state index in [1.807, 2.05) is 31.7 Å². The van der Waals surface area contributed by atoms with Crippen LogP contribution < -0.4 is 5.32 Å². The average Bonchev–Trinajstić information content (AvgIpc) is 2.83. The highest BCUT2D eigenvalue weighted by atomic mass is 32.2. The van der Waals surface area contributed by atoms with Crippen LogP contribution in [0.4, 0.5) is 11.4 Å². The zero-order valence-corrected chi connectivity index (χ0v) is 11.5. The highest BCUT2D eigenvalue weighted by Gasteiger charge is 2.19. The molecule has 1 unspecified atom stereocenters. The van der Waals surface area contributed by atoms with Crippen LogP contribution in [0.3, 0.4) is 0 Å². The largest absolute Gasteiger partial charge is 0.379 e. The molecule has 5 heteroatoms. The SMILES string of the molecule is Cc1cc(NCC2CCSC2)c([N+](=O)[O-])cc1C. The molecule has 1 atom stereocenters. The Balaban J connectivity index is 2.14. The van der Waals surface area contributed by atoms with Gasteiger partial charge in [-0.2, -0.15) is 11.8 Å². The second-order valence-corrected chi connectivity index (χ2v) is 5.97. The highest BCUT2D eigenvalue weighted by Crippen LogP contribution is 2.29. The molecule has 0 radical (unpaired) electrons.